The van der Waals surface area contributed by atoms with E-state index in [-0.39, 0.29) is 11.8 Å². The number of anilines is 1. The molecule has 1 aliphatic carbocycles. The number of rotatable bonds is 2. The van der Waals surface area contributed by atoms with Crippen LogP contribution < -0.4 is 4.90 Å². The molecule has 0 bridgehead atoms. The fraction of sp³-hybridized carbons (Fsp3) is 0.353. The maximum atomic E-state index is 12.6. The number of likely N-dealkylation sites (N-methyl/N-ethyl adjacent to an activating group) is 1. The molecule has 0 N–H and O–H groups in total. The van der Waals surface area contributed by atoms with Crippen LogP contribution in [0.5, 0.6) is 0 Å². The molecule has 0 saturated carbocycles. The lowest BCUT2D eigenvalue weighted by molar-refractivity contribution is -0.117. The number of benzene rings is 1. The standard InChI is InChI=1S/C17H20N2OS/c1-18(2)13-7-5-11-9-12-6-8-14(19(3)4)16(20)17(12)21-15(11)10-13/h5-8,10,14H,9H2,1-4H3. The topological polar surface area (TPSA) is 23.6 Å². The smallest absolute Gasteiger partial charge is 0.190 e. The number of ketones is 1. The van der Waals surface area contributed by atoms with E-state index in [4.69, 9.17) is 0 Å². The predicted molar refractivity (Wildman–Crippen MR) is 89.0 cm³/mol. The van der Waals surface area contributed by atoms with Crippen molar-refractivity contribution < 1.29 is 4.79 Å². The van der Waals surface area contributed by atoms with Crippen molar-refractivity contribution in [2.75, 3.05) is 33.1 Å². The SMILES string of the molecule is CN(C)c1ccc2c(c1)SC1=C(C=CC(N(C)C)C1=O)C2. The van der Waals surface area contributed by atoms with Crippen LogP contribution in [0.3, 0.4) is 0 Å². The minimum atomic E-state index is -0.130. The summed E-state index contributed by atoms with van der Waals surface area (Å²) >= 11 is 1.63. The molecular formula is C17H20N2OS. The number of carbonyl (C=O) groups is 1. The summed E-state index contributed by atoms with van der Waals surface area (Å²) in [6.45, 7) is 0. The first-order valence-electron chi connectivity index (χ1n) is 7.07. The highest BCUT2D eigenvalue weighted by molar-refractivity contribution is 8.04. The van der Waals surface area contributed by atoms with Gasteiger partial charge in [-0.05, 0) is 43.8 Å². The summed E-state index contributed by atoms with van der Waals surface area (Å²) < 4.78 is 0. The second-order valence-corrected chi connectivity index (χ2v) is 7.00. The Morgan fingerprint density at radius 2 is 1.95 bits per heavy atom. The Morgan fingerprint density at radius 1 is 1.19 bits per heavy atom. The van der Waals surface area contributed by atoms with E-state index in [1.54, 1.807) is 11.8 Å². The number of allylic oxidation sites excluding steroid dienone is 2. The first-order chi connectivity index (χ1) is 9.97. The van der Waals surface area contributed by atoms with E-state index in [0.717, 1.165) is 16.9 Å². The van der Waals surface area contributed by atoms with Gasteiger partial charge < -0.3 is 4.90 Å². The number of thioether (sulfide) groups is 1. The maximum absolute atomic E-state index is 12.6. The zero-order valence-corrected chi connectivity index (χ0v) is 13.7. The summed E-state index contributed by atoms with van der Waals surface area (Å²) in [6.07, 6.45) is 4.99. The van der Waals surface area contributed by atoms with Gasteiger partial charge in [-0.25, -0.2) is 0 Å². The summed E-state index contributed by atoms with van der Waals surface area (Å²) in [5, 5.41) is 0. The van der Waals surface area contributed by atoms with Crippen LogP contribution >= 0.6 is 11.8 Å². The van der Waals surface area contributed by atoms with Crippen molar-refractivity contribution in [1.29, 1.82) is 0 Å². The Hall–Kier alpha value is -1.52. The Balaban J connectivity index is 1.95. The van der Waals surface area contributed by atoms with Gasteiger partial charge in [0.2, 0.25) is 0 Å². The molecule has 3 nitrogen and oxygen atoms in total. The van der Waals surface area contributed by atoms with Crippen molar-refractivity contribution in [2.45, 2.75) is 17.4 Å². The van der Waals surface area contributed by atoms with E-state index in [1.165, 1.54) is 16.1 Å². The molecule has 1 unspecified atom stereocenters. The van der Waals surface area contributed by atoms with Gasteiger partial charge in [0, 0.05) is 24.7 Å². The summed E-state index contributed by atoms with van der Waals surface area (Å²) in [7, 11) is 7.97. The molecule has 0 radical (unpaired) electrons. The summed E-state index contributed by atoms with van der Waals surface area (Å²) in [5.41, 5.74) is 3.64. The first kappa shape index (κ1) is 14.4. The summed E-state index contributed by atoms with van der Waals surface area (Å²) in [4.78, 5) is 18.8. The van der Waals surface area contributed by atoms with Gasteiger partial charge in [0.15, 0.2) is 5.78 Å². The number of carbonyl (C=O) groups excluding carboxylic acids is 1. The molecular weight excluding hydrogens is 280 g/mol. The van der Waals surface area contributed by atoms with Crippen LogP contribution in [0.15, 0.2) is 45.7 Å². The molecule has 0 saturated heterocycles. The highest BCUT2D eigenvalue weighted by atomic mass is 32.2. The minimum Gasteiger partial charge on any atom is -0.378 e. The lowest BCUT2D eigenvalue weighted by Crippen LogP contribution is -2.37. The third-order valence-electron chi connectivity index (χ3n) is 3.98. The maximum Gasteiger partial charge on any atom is 0.190 e. The average molecular weight is 300 g/mol. The van der Waals surface area contributed by atoms with Crippen molar-refractivity contribution in [3.05, 3.63) is 46.4 Å². The van der Waals surface area contributed by atoms with Crippen LogP contribution in [0.1, 0.15) is 5.56 Å². The summed E-state index contributed by atoms with van der Waals surface area (Å²) in [5.74, 6) is 0.225. The van der Waals surface area contributed by atoms with Crippen LogP contribution in [0, 0.1) is 0 Å². The Labute approximate surface area is 130 Å². The third-order valence-corrected chi connectivity index (χ3v) is 5.25. The third kappa shape index (κ3) is 2.54. The second-order valence-electron chi connectivity index (χ2n) is 5.95. The zero-order valence-electron chi connectivity index (χ0n) is 12.9. The number of nitrogens with zero attached hydrogens (tertiary/aromatic N) is 2. The van der Waals surface area contributed by atoms with Gasteiger partial charge >= 0.3 is 0 Å². The molecule has 110 valence electrons. The van der Waals surface area contributed by atoms with Crippen molar-refractivity contribution in [3.63, 3.8) is 0 Å². The molecule has 0 aromatic heterocycles. The van der Waals surface area contributed by atoms with Crippen molar-refractivity contribution >= 4 is 23.2 Å². The van der Waals surface area contributed by atoms with Gasteiger partial charge in [-0.1, -0.05) is 30.0 Å². The Morgan fingerprint density at radius 3 is 2.62 bits per heavy atom. The molecule has 0 fully saturated rings. The fourth-order valence-electron chi connectivity index (χ4n) is 2.70. The number of fused-ring (bicyclic) bond motifs is 1. The average Bonchev–Trinajstić information content (AvgIpc) is 2.45. The molecule has 1 aromatic carbocycles. The van der Waals surface area contributed by atoms with Gasteiger partial charge in [-0.15, -0.1) is 0 Å². The van der Waals surface area contributed by atoms with Crippen LogP contribution in [-0.4, -0.2) is 44.9 Å². The van der Waals surface area contributed by atoms with Gasteiger partial charge in [0.25, 0.3) is 0 Å². The molecule has 2 aliphatic rings. The first-order valence-corrected chi connectivity index (χ1v) is 7.89. The lowest BCUT2D eigenvalue weighted by atomic mass is 9.95. The van der Waals surface area contributed by atoms with Gasteiger partial charge in [-0.2, -0.15) is 0 Å². The fourth-order valence-corrected chi connectivity index (χ4v) is 3.87. The number of hydrogen-bond donors (Lipinski definition) is 0. The Bertz CT molecular complexity index is 659. The van der Waals surface area contributed by atoms with Gasteiger partial charge in [-0.3, -0.25) is 9.69 Å². The van der Waals surface area contributed by atoms with E-state index < -0.39 is 0 Å². The van der Waals surface area contributed by atoms with Crippen molar-refractivity contribution in [1.82, 2.24) is 4.90 Å². The number of hydrogen-bond acceptors (Lipinski definition) is 4. The van der Waals surface area contributed by atoms with Crippen LogP contribution in [-0.2, 0) is 11.2 Å². The molecule has 3 rings (SSSR count). The van der Waals surface area contributed by atoms with E-state index in [1.807, 2.05) is 39.2 Å². The van der Waals surface area contributed by atoms with E-state index in [9.17, 15) is 4.79 Å². The van der Waals surface area contributed by atoms with Crippen LogP contribution in [0.25, 0.3) is 0 Å². The van der Waals surface area contributed by atoms with Crippen LogP contribution in [0.4, 0.5) is 5.69 Å². The van der Waals surface area contributed by atoms with Crippen molar-refractivity contribution in [2.24, 2.45) is 0 Å². The molecule has 1 heterocycles. The van der Waals surface area contributed by atoms with Crippen LogP contribution in [0.2, 0.25) is 0 Å². The largest absolute Gasteiger partial charge is 0.378 e. The molecule has 0 spiro atoms. The molecule has 1 atom stereocenters. The molecule has 0 amide bonds. The Kier molecular flexibility index (Phi) is 3.68. The highest BCUT2D eigenvalue weighted by Gasteiger charge is 2.31. The monoisotopic (exact) mass is 300 g/mol. The molecule has 1 aliphatic heterocycles. The molecule has 1 aromatic rings. The predicted octanol–water partition coefficient (Wildman–Crippen LogP) is 2.72. The highest BCUT2D eigenvalue weighted by Crippen LogP contribution is 2.42. The second kappa shape index (κ2) is 5.35. The van der Waals surface area contributed by atoms with Gasteiger partial charge in [0.1, 0.15) is 0 Å². The quantitative estimate of drug-likeness (QED) is 0.838. The normalized spacial score (nSPS) is 20.6. The van der Waals surface area contributed by atoms with Gasteiger partial charge in [0.05, 0.1) is 10.9 Å². The van der Waals surface area contributed by atoms with E-state index in [0.29, 0.717) is 0 Å². The van der Waals surface area contributed by atoms with E-state index >= 15 is 0 Å². The molecule has 4 heteroatoms. The lowest BCUT2D eigenvalue weighted by Gasteiger charge is -2.29. The van der Waals surface area contributed by atoms with Crippen molar-refractivity contribution in [3.8, 4) is 0 Å². The number of Topliss-reactive ketones (excluding diaryl/α,β-unsaturated/α-hetero) is 1. The van der Waals surface area contributed by atoms with E-state index in [2.05, 4.69) is 29.2 Å². The molecule has 21 heavy (non-hydrogen) atoms. The summed E-state index contributed by atoms with van der Waals surface area (Å²) in [6, 6.07) is 6.37. The minimum absolute atomic E-state index is 0.130. The zero-order chi connectivity index (χ0) is 15.1.